The maximum absolute atomic E-state index is 12.7. The van der Waals surface area contributed by atoms with Gasteiger partial charge in [0.05, 0.1) is 21.4 Å². The Hall–Kier alpha value is 0.340. The van der Waals surface area contributed by atoms with Gasteiger partial charge in [-0.25, -0.2) is 8.42 Å². The summed E-state index contributed by atoms with van der Waals surface area (Å²) in [7, 11) is -3.49. The summed E-state index contributed by atoms with van der Waals surface area (Å²) in [6.45, 7) is 4.34. The van der Waals surface area contributed by atoms with Crippen LogP contribution in [0.5, 0.6) is 0 Å². The zero-order chi connectivity index (χ0) is 14.2. The van der Waals surface area contributed by atoms with E-state index in [-0.39, 0.29) is 12.1 Å². The Balaban J connectivity index is 2.35. The smallest absolute Gasteiger partial charge is 0.244 e. The number of morpholine rings is 1. The second kappa shape index (κ2) is 5.99. The number of halogens is 2. The van der Waals surface area contributed by atoms with Crippen LogP contribution in [-0.2, 0) is 14.8 Å². The molecule has 1 aromatic rings. The molecule has 2 unspecified atom stereocenters. The average Bonchev–Trinajstić information content (AvgIpc) is 2.69. The van der Waals surface area contributed by atoms with E-state index >= 15 is 0 Å². The van der Waals surface area contributed by atoms with Gasteiger partial charge >= 0.3 is 0 Å². The number of aryl methyl sites for hydroxylation is 1. The van der Waals surface area contributed by atoms with Crippen LogP contribution in [0.25, 0.3) is 0 Å². The SMILES string of the molecule is Cc1sc(Br)cc1S(=O)(=O)N1CC(CCl)OCC1C. The minimum Gasteiger partial charge on any atom is -0.374 e. The van der Waals surface area contributed by atoms with Gasteiger partial charge in [-0.1, -0.05) is 0 Å². The van der Waals surface area contributed by atoms with Crippen LogP contribution in [0.4, 0.5) is 0 Å². The standard InChI is InChI=1S/C11H15BrClNO3S2/c1-7-6-17-9(4-13)5-14(7)19(15,16)10-3-11(12)18-8(10)2/h3,7,9H,4-6H2,1-2H3. The van der Waals surface area contributed by atoms with E-state index < -0.39 is 10.0 Å². The van der Waals surface area contributed by atoms with Crippen LogP contribution in [0.15, 0.2) is 14.7 Å². The molecule has 19 heavy (non-hydrogen) atoms. The minimum atomic E-state index is -3.49. The van der Waals surface area contributed by atoms with Crippen molar-refractivity contribution in [1.29, 1.82) is 0 Å². The number of hydrogen-bond donors (Lipinski definition) is 0. The molecule has 1 aliphatic rings. The van der Waals surface area contributed by atoms with Gasteiger partial charge in [0.25, 0.3) is 0 Å². The lowest BCUT2D eigenvalue weighted by Gasteiger charge is -2.36. The first kappa shape index (κ1) is 15.7. The molecular weight excluding hydrogens is 374 g/mol. The topological polar surface area (TPSA) is 46.6 Å². The van der Waals surface area contributed by atoms with Gasteiger partial charge in [-0.2, -0.15) is 4.31 Å². The number of hydrogen-bond acceptors (Lipinski definition) is 4. The predicted octanol–water partition coefficient (Wildman–Crippen LogP) is 2.84. The maximum atomic E-state index is 12.7. The molecule has 0 aliphatic carbocycles. The second-order valence-electron chi connectivity index (χ2n) is 4.50. The summed E-state index contributed by atoms with van der Waals surface area (Å²) >= 11 is 10.5. The lowest BCUT2D eigenvalue weighted by Crippen LogP contribution is -2.51. The van der Waals surface area contributed by atoms with Crippen molar-refractivity contribution >= 4 is 48.9 Å². The molecule has 2 heterocycles. The van der Waals surface area contributed by atoms with Crippen molar-refractivity contribution in [2.75, 3.05) is 19.0 Å². The predicted molar refractivity (Wildman–Crippen MR) is 80.6 cm³/mol. The largest absolute Gasteiger partial charge is 0.374 e. The molecule has 8 heteroatoms. The van der Waals surface area contributed by atoms with Crippen molar-refractivity contribution in [3.8, 4) is 0 Å². The van der Waals surface area contributed by atoms with Gasteiger partial charge < -0.3 is 4.74 Å². The first-order valence-electron chi connectivity index (χ1n) is 5.81. The molecule has 0 bridgehead atoms. The molecule has 0 aromatic carbocycles. The van der Waals surface area contributed by atoms with E-state index in [0.717, 1.165) is 8.66 Å². The van der Waals surface area contributed by atoms with Gasteiger partial charge in [0.1, 0.15) is 0 Å². The van der Waals surface area contributed by atoms with Gasteiger partial charge in [-0.15, -0.1) is 22.9 Å². The van der Waals surface area contributed by atoms with Crippen molar-refractivity contribution < 1.29 is 13.2 Å². The van der Waals surface area contributed by atoms with Crippen LogP contribution in [0.3, 0.4) is 0 Å². The third kappa shape index (κ3) is 3.16. The zero-order valence-corrected chi connectivity index (χ0v) is 14.6. The van der Waals surface area contributed by atoms with Crippen LogP contribution in [-0.4, -0.2) is 43.9 Å². The van der Waals surface area contributed by atoms with Crippen LogP contribution in [0.2, 0.25) is 0 Å². The third-order valence-electron chi connectivity index (χ3n) is 3.05. The molecule has 2 rings (SSSR count). The molecule has 1 aromatic heterocycles. The molecule has 1 saturated heterocycles. The van der Waals surface area contributed by atoms with Crippen LogP contribution in [0.1, 0.15) is 11.8 Å². The highest BCUT2D eigenvalue weighted by Gasteiger charge is 2.36. The number of nitrogens with zero attached hydrogens (tertiary/aromatic N) is 1. The van der Waals surface area contributed by atoms with Crippen molar-refractivity contribution in [3.05, 3.63) is 14.7 Å². The van der Waals surface area contributed by atoms with E-state index in [2.05, 4.69) is 15.9 Å². The highest BCUT2D eigenvalue weighted by molar-refractivity contribution is 9.11. The summed E-state index contributed by atoms with van der Waals surface area (Å²) in [5.74, 6) is 0.297. The molecule has 0 radical (unpaired) electrons. The molecule has 1 aliphatic heterocycles. The van der Waals surface area contributed by atoms with Crippen molar-refractivity contribution in [2.45, 2.75) is 30.9 Å². The maximum Gasteiger partial charge on any atom is 0.244 e. The van der Waals surface area contributed by atoms with Crippen LogP contribution in [0, 0.1) is 6.92 Å². The summed E-state index contributed by atoms with van der Waals surface area (Å²) in [5.41, 5.74) is 0. The van der Waals surface area contributed by atoms with E-state index in [9.17, 15) is 8.42 Å². The van der Waals surface area contributed by atoms with Crippen LogP contribution < -0.4 is 0 Å². The quantitative estimate of drug-likeness (QED) is 0.748. The molecule has 0 saturated carbocycles. The Morgan fingerprint density at radius 1 is 1.63 bits per heavy atom. The molecule has 4 nitrogen and oxygen atoms in total. The highest BCUT2D eigenvalue weighted by atomic mass is 79.9. The summed E-state index contributed by atoms with van der Waals surface area (Å²) in [6.07, 6.45) is -0.241. The molecule has 0 amide bonds. The Morgan fingerprint density at radius 3 is 2.84 bits per heavy atom. The zero-order valence-electron chi connectivity index (χ0n) is 10.6. The lowest BCUT2D eigenvalue weighted by molar-refractivity contribution is -0.0152. The summed E-state index contributed by atoms with van der Waals surface area (Å²) in [6, 6.07) is 1.48. The Bertz CT molecular complexity index is 560. The number of ether oxygens (including phenoxy) is 1. The number of rotatable bonds is 3. The monoisotopic (exact) mass is 387 g/mol. The summed E-state index contributed by atoms with van der Waals surface area (Å²) < 4.78 is 33.2. The van der Waals surface area contributed by atoms with E-state index in [4.69, 9.17) is 16.3 Å². The number of thiophene rings is 1. The van der Waals surface area contributed by atoms with E-state index in [1.165, 1.54) is 15.6 Å². The fourth-order valence-corrected chi connectivity index (χ4v) is 6.25. The van der Waals surface area contributed by atoms with Gasteiger partial charge in [0.2, 0.25) is 10.0 Å². The Labute approximate surface area is 130 Å². The lowest BCUT2D eigenvalue weighted by atomic mass is 10.2. The molecule has 0 N–H and O–H groups in total. The van der Waals surface area contributed by atoms with Gasteiger partial charge in [0, 0.05) is 23.3 Å². The van der Waals surface area contributed by atoms with Crippen molar-refractivity contribution in [3.63, 3.8) is 0 Å². The van der Waals surface area contributed by atoms with E-state index in [0.29, 0.717) is 23.9 Å². The molecule has 2 atom stereocenters. The normalized spacial score (nSPS) is 25.7. The Morgan fingerprint density at radius 2 is 2.32 bits per heavy atom. The van der Waals surface area contributed by atoms with Gasteiger partial charge in [0.15, 0.2) is 0 Å². The van der Waals surface area contributed by atoms with Crippen molar-refractivity contribution in [2.24, 2.45) is 0 Å². The van der Waals surface area contributed by atoms with E-state index in [1.807, 2.05) is 13.8 Å². The minimum absolute atomic E-state index is 0.178. The Kier molecular flexibility index (Phi) is 4.96. The first-order chi connectivity index (χ1) is 8.86. The summed E-state index contributed by atoms with van der Waals surface area (Å²) in [5, 5.41) is 0. The van der Waals surface area contributed by atoms with Gasteiger partial charge in [-0.05, 0) is 35.8 Å². The number of sulfonamides is 1. The highest BCUT2D eigenvalue weighted by Crippen LogP contribution is 2.33. The molecule has 108 valence electrons. The molecule has 0 spiro atoms. The van der Waals surface area contributed by atoms with Gasteiger partial charge in [-0.3, -0.25) is 0 Å². The molecular formula is C11H15BrClNO3S2. The van der Waals surface area contributed by atoms with Crippen LogP contribution >= 0.6 is 38.9 Å². The fourth-order valence-electron chi connectivity index (χ4n) is 2.03. The third-order valence-corrected chi connectivity index (χ3v) is 7.18. The average molecular weight is 389 g/mol. The second-order valence-corrected chi connectivity index (χ2v) is 9.31. The van der Waals surface area contributed by atoms with Crippen molar-refractivity contribution in [1.82, 2.24) is 4.31 Å². The summed E-state index contributed by atoms with van der Waals surface area (Å²) in [4.78, 5) is 1.15. The first-order valence-corrected chi connectivity index (χ1v) is 9.40. The molecule has 1 fully saturated rings. The fraction of sp³-hybridized carbons (Fsp3) is 0.636. The van der Waals surface area contributed by atoms with E-state index in [1.54, 1.807) is 6.07 Å². The number of alkyl halides is 1.